The van der Waals surface area contributed by atoms with Crippen molar-refractivity contribution in [2.24, 2.45) is 7.05 Å². The molecule has 0 spiro atoms. The van der Waals surface area contributed by atoms with Gasteiger partial charge in [0.2, 0.25) is 0 Å². The average molecular weight is 436 g/mol. The van der Waals surface area contributed by atoms with E-state index < -0.39 is 6.67 Å². The molecule has 31 heavy (non-hydrogen) atoms. The van der Waals surface area contributed by atoms with Crippen LogP contribution in [0.4, 0.5) is 4.39 Å². The third kappa shape index (κ3) is 3.82. The molecular weight excluding hydrogens is 420 g/mol. The summed E-state index contributed by atoms with van der Waals surface area (Å²) in [6, 6.07) is 2.01. The molecule has 0 radical (unpaired) electrons. The summed E-state index contributed by atoms with van der Waals surface area (Å²) in [5.74, 6) is 0.674. The summed E-state index contributed by atoms with van der Waals surface area (Å²) in [5.41, 5.74) is 4.07. The molecule has 0 saturated heterocycles. The van der Waals surface area contributed by atoms with Gasteiger partial charge in [-0.1, -0.05) is 0 Å². The van der Waals surface area contributed by atoms with Gasteiger partial charge in [-0.15, -0.1) is 0 Å². The molecule has 0 atom stereocenters. The van der Waals surface area contributed by atoms with Crippen molar-refractivity contribution in [1.82, 2.24) is 34.8 Å². The number of aryl methyl sites for hydroxylation is 1. The molecule has 1 N–H and O–H groups in total. The van der Waals surface area contributed by atoms with Gasteiger partial charge in [0.1, 0.15) is 0 Å². The molecule has 0 aliphatic carbocycles. The van der Waals surface area contributed by atoms with Crippen molar-refractivity contribution in [2.75, 3.05) is 13.2 Å². The molecule has 5 heterocycles. The van der Waals surface area contributed by atoms with Crippen molar-refractivity contribution in [2.45, 2.75) is 0 Å². The molecule has 4 aromatic heterocycles. The molecule has 4 aromatic rings. The van der Waals surface area contributed by atoms with Gasteiger partial charge in [0, 0.05) is 0 Å². The Kier molecular flexibility index (Phi) is 4.99. The van der Waals surface area contributed by atoms with Crippen LogP contribution < -0.4 is 5.79 Å². The molecule has 11 heteroatoms. The van der Waals surface area contributed by atoms with E-state index in [1.165, 1.54) is 0 Å². The number of aromatic nitrogens is 6. The molecule has 0 unspecified atom stereocenters. The van der Waals surface area contributed by atoms with E-state index in [9.17, 15) is 4.39 Å². The van der Waals surface area contributed by atoms with Crippen LogP contribution in [0.25, 0.3) is 33.6 Å². The number of alkyl halides is 1. The van der Waals surface area contributed by atoms with Crippen LogP contribution in [0.1, 0.15) is 0 Å². The number of H-pyrrole nitrogens is 1. The maximum absolute atomic E-state index is 12.5. The van der Waals surface area contributed by atoms with E-state index in [2.05, 4.69) is 25.3 Å². The Morgan fingerprint density at radius 1 is 1.26 bits per heavy atom. The van der Waals surface area contributed by atoms with Crippen LogP contribution in [0, 0.1) is 0 Å². The number of halogens is 2. The van der Waals surface area contributed by atoms with Crippen LogP contribution >= 0.6 is 11.6 Å². The van der Waals surface area contributed by atoms with Gasteiger partial charge in [-0.2, -0.15) is 0 Å². The van der Waals surface area contributed by atoms with Gasteiger partial charge in [-0.05, 0) is 0 Å². The first-order valence-electron chi connectivity index (χ1n) is 9.50. The predicted octanol–water partition coefficient (Wildman–Crippen LogP) is 2.39. The third-order valence-electron chi connectivity index (χ3n) is 4.86. The Morgan fingerprint density at radius 3 is 2.94 bits per heavy atom. The molecule has 5 rings (SSSR count). The van der Waals surface area contributed by atoms with E-state index in [4.69, 9.17) is 16.0 Å². The van der Waals surface area contributed by atoms with E-state index in [0.29, 0.717) is 22.2 Å². The van der Waals surface area contributed by atoms with Gasteiger partial charge in [0.05, 0.1) is 0 Å². The third-order valence-corrected chi connectivity index (χ3v) is 5.18. The minimum atomic E-state index is -0.459. The van der Waals surface area contributed by atoms with E-state index in [1.54, 1.807) is 53.6 Å². The summed E-state index contributed by atoms with van der Waals surface area (Å²) in [6.45, 7) is 1.48. The SMILES string of the molecule is Cn1cc(-c2cnc3[nH]cc(-c4nnc(B=C5C=CN(CCF)C=C5Cl)o4)c3c2)cn1. The van der Waals surface area contributed by atoms with E-state index >= 15 is 0 Å². The predicted molar refractivity (Wildman–Crippen MR) is 118 cm³/mol. The average Bonchev–Trinajstić information content (AvgIpc) is 3.49. The Bertz CT molecular complexity index is 1350. The van der Waals surface area contributed by atoms with Crippen LogP contribution in [0.15, 0.2) is 58.8 Å². The van der Waals surface area contributed by atoms with Crippen LogP contribution in [0.3, 0.4) is 0 Å². The molecule has 0 aromatic carbocycles. The zero-order valence-electron chi connectivity index (χ0n) is 16.5. The van der Waals surface area contributed by atoms with Crippen molar-refractivity contribution in [3.63, 3.8) is 0 Å². The Balaban J connectivity index is 1.46. The molecule has 0 saturated carbocycles. The van der Waals surface area contributed by atoms with E-state index in [-0.39, 0.29) is 6.54 Å². The number of nitrogens with zero attached hydrogens (tertiary/aromatic N) is 6. The van der Waals surface area contributed by atoms with Crippen molar-refractivity contribution in [3.8, 4) is 22.6 Å². The molecular formula is C20H16BClFN7O. The molecule has 154 valence electrons. The fourth-order valence-corrected chi connectivity index (χ4v) is 3.56. The van der Waals surface area contributed by atoms with E-state index in [1.807, 2.05) is 19.3 Å². The van der Waals surface area contributed by atoms with Crippen LogP contribution in [0.5, 0.6) is 0 Å². The number of allylic oxidation sites excluding steroid dienone is 2. The van der Waals surface area contributed by atoms with E-state index in [0.717, 1.165) is 27.7 Å². The van der Waals surface area contributed by atoms with Crippen LogP contribution in [-0.4, -0.2) is 60.4 Å². The molecule has 0 fully saturated rings. The molecule has 1 aliphatic heterocycles. The zero-order valence-corrected chi connectivity index (χ0v) is 17.2. The number of nitrogens with one attached hydrogen (secondary N) is 1. The first kappa shape index (κ1) is 19.4. The fraction of sp³-hybridized carbons (Fsp3) is 0.150. The number of fused-ring (bicyclic) bond motifs is 1. The van der Waals surface area contributed by atoms with Gasteiger partial charge in [-0.3, -0.25) is 0 Å². The number of pyridine rings is 1. The molecule has 0 amide bonds. The zero-order chi connectivity index (χ0) is 21.4. The standard InChI is InChI=1S/C20H16BClFN7O/c1-29-10-13(8-26-29)12-6-14-15(9-25-18(14)24-7-12)19-27-28-20(31-19)21-16-2-4-30(5-3-23)11-17(16)22/h2,4,6-11H,3,5H2,1H3,(H,24,25). The summed E-state index contributed by atoms with van der Waals surface area (Å²) in [4.78, 5) is 9.30. The number of rotatable bonds is 5. The first-order chi connectivity index (χ1) is 15.1. The Labute approximate surface area is 182 Å². The molecule has 8 nitrogen and oxygen atoms in total. The Hall–Kier alpha value is -3.53. The van der Waals surface area contributed by atoms with Gasteiger partial charge >= 0.3 is 182 Å². The number of hydrogen-bond acceptors (Lipinski definition) is 6. The minimum absolute atomic E-state index is 0.250. The first-order valence-corrected chi connectivity index (χ1v) is 9.88. The second-order valence-electron chi connectivity index (χ2n) is 6.99. The van der Waals surface area contributed by atoms with Gasteiger partial charge in [-0.25, -0.2) is 0 Å². The summed E-state index contributed by atoms with van der Waals surface area (Å²) >= 11 is 6.29. The molecule has 1 aliphatic rings. The monoisotopic (exact) mass is 435 g/mol. The van der Waals surface area contributed by atoms with Crippen molar-refractivity contribution >= 4 is 40.8 Å². The summed E-state index contributed by atoms with van der Waals surface area (Å²) in [6.07, 6.45) is 12.5. The molecule has 0 bridgehead atoms. The second-order valence-corrected chi connectivity index (χ2v) is 7.40. The van der Waals surface area contributed by atoms with Crippen molar-refractivity contribution in [3.05, 3.63) is 54.4 Å². The summed E-state index contributed by atoms with van der Waals surface area (Å²) in [5, 5.41) is 13.8. The maximum atomic E-state index is 12.5. The van der Waals surface area contributed by atoms with Crippen LogP contribution in [-0.2, 0) is 7.05 Å². The summed E-state index contributed by atoms with van der Waals surface area (Å²) in [7, 11) is 1.87. The normalized spacial score (nSPS) is 15.0. The number of hydrogen-bond donors (Lipinski definition) is 1. The fourth-order valence-electron chi connectivity index (χ4n) is 3.32. The summed E-state index contributed by atoms with van der Waals surface area (Å²) < 4.78 is 20.1. The van der Waals surface area contributed by atoms with Gasteiger partial charge in [0.25, 0.3) is 0 Å². The van der Waals surface area contributed by atoms with Crippen molar-refractivity contribution < 1.29 is 8.81 Å². The topological polar surface area (TPSA) is 88.7 Å². The number of aromatic amines is 1. The Morgan fingerprint density at radius 2 is 2.16 bits per heavy atom. The second kappa shape index (κ2) is 7.95. The quantitative estimate of drug-likeness (QED) is 0.484. The van der Waals surface area contributed by atoms with Crippen molar-refractivity contribution in [1.29, 1.82) is 0 Å². The van der Waals surface area contributed by atoms with Gasteiger partial charge < -0.3 is 0 Å². The van der Waals surface area contributed by atoms with Gasteiger partial charge in [0.15, 0.2) is 0 Å². The van der Waals surface area contributed by atoms with Crippen LogP contribution in [0.2, 0.25) is 0 Å².